The van der Waals surface area contributed by atoms with Crippen molar-refractivity contribution >= 4 is 23.6 Å². The molecule has 2 atom stereocenters. The molecule has 2 N–H and O–H groups in total. The first kappa shape index (κ1) is 23.4. The Morgan fingerprint density at radius 2 is 1.47 bits per heavy atom. The van der Waals surface area contributed by atoms with Crippen LogP contribution in [0.4, 0.5) is 0 Å². The van der Waals surface area contributed by atoms with Gasteiger partial charge in [-0.15, -0.1) is 11.8 Å². The molecule has 0 fully saturated rings. The lowest BCUT2D eigenvalue weighted by molar-refractivity contribution is -0.137. The van der Waals surface area contributed by atoms with Crippen LogP contribution in [0.15, 0.2) is 89.8 Å². The minimum atomic E-state index is -0.982. The average Bonchev–Trinajstić information content (AvgIpc) is 2.78. The van der Waals surface area contributed by atoms with E-state index >= 15 is 0 Å². The van der Waals surface area contributed by atoms with Gasteiger partial charge in [0.05, 0.1) is 18.6 Å². The molecule has 0 aromatic heterocycles. The third kappa shape index (κ3) is 6.89. The molecule has 5 nitrogen and oxygen atoms in total. The van der Waals surface area contributed by atoms with Gasteiger partial charge in [0, 0.05) is 4.90 Å². The van der Waals surface area contributed by atoms with E-state index in [0.717, 1.165) is 10.5 Å². The van der Waals surface area contributed by atoms with Gasteiger partial charge < -0.3 is 15.2 Å². The number of carboxylic acid groups (broad SMARTS) is 1. The highest BCUT2D eigenvalue weighted by Crippen LogP contribution is 2.36. The number of ether oxygens (including phenoxy) is 1. The standard InChI is InChI=1S/C26H27NO4S/c1-18(2)31-21-15-13-19(14-16-21)23(17-24(28)29)27-26(30)25(20-9-5-3-6-10-20)32-22-11-7-4-8-12-22/h3-16,18,23,25H,17H2,1-2H3,(H,27,30)(H,28,29)/t23-,25+/m0/s1. The van der Waals surface area contributed by atoms with Gasteiger partial charge in [-0.2, -0.15) is 0 Å². The Morgan fingerprint density at radius 1 is 0.875 bits per heavy atom. The zero-order chi connectivity index (χ0) is 22.9. The zero-order valence-corrected chi connectivity index (χ0v) is 18.9. The number of rotatable bonds is 10. The van der Waals surface area contributed by atoms with Gasteiger partial charge in [-0.05, 0) is 49.2 Å². The Bertz CT molecular complexity index is 1010. The maximum atomic E-state index is 13.4. The summed E-state index contributed by atoms with van der Waals surface area (Å²) >= 11 is 1.44. The van der Waals surface area contributed by atoms with E-state index in [4.69, 9.17) is 4.74 Å². The molecule has 32 heavy (non-hydrogen) atoms. The highest BCUT2D eigenvalue weighted by atomic mass is 32.2. The summed E-state index contributed by atoms with van der Waals surface area (Å²) in [6.45, 7) is 3.88. The second-order valence-corrected chi connectivity index (χ2v) is 8.79. The lowest BCUT2D eigenvalue weighted by Crippen LogP contribution is -2.33. The van der Waals surface area contributed by atoms with E-state index in [1.54, 1.807) is 24.3 Å². The molecule has 0 aliphatic rings. The third-order valence-corrected chi connectivity index (χ3v) is 5.95. The molecule has 0 bridgehead atoms. The van der Waals surface area contributed by atoms with Gasteiger partial charge in [-0.25, -0.2) is 0 Å². The predicted octanol–water partition coefficient (Wildman–Crippen LogP) is 5.64. The Labute approximate surface area is 192 Å². The van der Waals surface area contributed by atoms with Gasteiger partial charge in [0.2, 0.25) is 5.91 Å². The summed E-state index contributed by atoms with van der Waals surface area (Å²) in [5, 5.41) is 11.9. The summed E-state index contributed by atoms with van der Waals surface area (Å²) < 4.78 is 5.67. The third-order valence-electron chi connectivity index (χ3n) is 4.69. The second-order valence-electron chi connectivity index (χ2n) is 7.62. The van der Waals surface area contributed by atoms with Crippen molar-refractivity contribution < 1.29 is 19.4 Å². The maximum absolute atomic E-state index is 13.4. The van der Waals surface area contributed by atoms with Crippen LogP contribution >= 0.6 is 11.8 Å². The number of benzene rings is 3. The summed E-state index contributed by atoms with van der Waals surface area (Å²) in [6, 6.07) is 25.7. The molecular weight excluding hydrogens is 422 g/mol. The number of aliphatic carboxylic acids is 1. The van der Waals surface area contributed by atoms with Crippen LogP contribution in [0.2, 0.25) is 0 Å². The van der Waals surface area contributed by atoms with Gasteiger partial charge in [0.1, 0.15) is 11.0 Å². The topological polar surface area (TPSA) is 75.6 Å². The second kappa shape index (κ2) is 11.4. The van der Waals surface area contributed by atoms with Gasteiger partial charge in [-0.3, -0.25) is 9.59 Å². The SMILES string of the molecule is CC(C)Oc1ccc([C@H](CC(=O)O)NC(=O)[C@H](Sc2ccccc2)c2ccccc2)cc1. The summed E-state index contributed by atoms with van der Waals surface area (Å²) in [5.41, 5.74) is 1.57. The van der Waals surface area contributed by atoms with Crippen molar-refractivity contribution in [1.29, 1.82) is 0 Å². The number of carboxylic acids is 1. The monoisotopic (exact) mass is 449 g/mol. The Kier molecular flexibility index (Phi) is 8.34. The van der Waals surface area contributed by atoms with E-state index in [-0.39, 0.29) is 18.4 Å². The van der Waals surface area contributed by atoms with Gasteiger partial charge in [0.25, 0.3) is 0 Å². The molecule has 0 saturated carbocycles. The smallest absolute Gasteiger partial charge is 0.305 e. The number of carbonyl (C=O) groups excluding carboxylic acids is 1. The molecule has 0 spiro atoms. The van der Waals surface area contributed by atoms with Crippen LogP contribution in [0.5, 0.6) is 5.75 Å². The number of thioether (sulfide) groups is 1. The lowest BCUT2D eigenvalue weighted by Gasteiger charge is -2.23. The van der Waals surface area contributed by atoms with E-state index in [0.29, 0.717) is 11.3 Å². The number of hydrogen-bond acceptors (Lipinski definition) is 4. The van der Waals surface area contributed by atoms with Crippen molar-refractivity contribution in [3.8, 4) is 5.75 Å². The van der Waals surface area contributed by atoms with Gasteiger partial charge in [0.15, 0.2) is 0 Å². The first-order chi connectivity index (χ1) is 15.4. The fraction of sp³-hybridized carbons (Fsp3) is 0.231. The van der Waals surface area contributed by atoms with E-state index < -0.39 is 17.3 Å². The number of carbonyl (C=O) groups is 2. The molecule has 6 heteroatoms. The van der Waals surface area contributed by atoms with Crippen LogP contribution in [0.25, 0.3) is 0 Å². The number of amides is 1. The average molecular weight is 450 g/mol. The minimum absolute atomic E-state index is 0.0389. The minimum Gasteiger partial charge on any atom is -0.491 e. The summed E-state index contributed by atoms with van der Waals surface area (Å²) in [6.07, 6.45) is -0.176. The van der Waals surface area contributed by atoms with E-state index in [2.05, 4.69) is 5.32 Å². The summed E-state index contributed by atoms with van der Waals surface area (Å²) in [7, 11) is 0. The zero-order valence-electron chi connectivity index (χ0n) is 18.1. The molecule has 0 radical (unpaired) electrons. The van der Waals surface area contributed by atoms with Crippen LogP contribution in [0, 0.1) is 0 Å². The van der Waals surface area contributed by atoms with Crippen molar-refractivity contribution in [3.05, 3.63) is 96.1 Å². The van der Waals surface area contributed by atoms with E-state index in [1.807, 2.05) is 74.5 Å². The van der Waals surface area contributed by atoms with Crippen molar-refractivity contribution in [3.63, 3.8) is 0 Å². The number of nitrogens with one attached hydrogen (secondary N) is 1. The molecule has 0 aliphatic heterocycles. The van der Waals surface area contributed by atoms with E-state index in [9.17, 15) is 14.7 Å². The van der Waals surface area contributed by atoms with Crippen molar-refractivity contribution in [2.45, 2.75) is 42.6 Å². The van der Waals surface area contributed by atoms with Crippen LogP contribution < -0.4 is 10.1 Å². The molecule has 0 unspecified atom stereocenters. The molecule has 0 heterocycles. The molecule has 3 rings (SSSR count). The fourth-order valence-corrected chi connectivity index (χ4v) is 4.32. The molecular formula is C26H27NO4S. The van der Waals surface area contributed by atoms with Crippen LogP contribution in [-0.2, 0) is 9.59 Å². The summed E-state index contributed by atoms with van der Waals surface area (Å²) in [4.78, 5) is 25.9. The molecule has 1 amide bonds. The first-order valence-corrected chi connectivity index (χ1v) is 11.4. The highest BCUT2D eigenvalue weighted by Gasteiger charge is 2.26. The maximum Gasteiger partial charge on any atom is 0.305 e. The molecule has 3 aromatic carbocycles. The van der Waals surface area contributed by atoms with Crippen molar-refractivity contribution in [1.82, 2.24) is 5.32 Å². The Morgan fingerprint density at radius 3 is 2.03 bits per heavy atom. The first-order valence-electron chi connectivity index (χ1n) is 10.5. The fourth-order valence-electron chi connectivity index (χ4n) is 3.26. The van der Waals surface area contributed by atoms with Gasteiger partial charge in [-0.1, -0.05) is 60.7 Å². The predicted molar refractivity (Wildman–Crippen MR) is 127 cm³/mol. The van der Waals surface area contributed by atoms with E-state index in [1.165, 1.54) is 11.8 Å². The van der Waals surface area contributed by atoms with Crippen LogP contribution in [0.1, 0.15) is 42.7 Å². The normalized spacial score (nSPS) is 12.7. The molecule has 166 valence electrons. The van der Waals surface area contributed by atoms with Crippen LogP contribution in [0.3, 0.4) is 0 Å². The Hall–Kier alpha value is -3.25. The molecule has 0 aliphatic carbocycles. The summed E-state index contributed by atoms with van der Waals surface area (Å²) in [5.74, 6) is -0.519. The van der Waals surface area contributed by atoms with Crippen molar-refractivity contribution in [2.75, 3.05) is 0 Å². The Balaban J connectivity index is 1.84. The largest absolute Gasteiger partial charge is 0.491 e. The highest BCUT2D eigenvalue weighted by molar-refractivity contribution is 8.00. The van der Waals surface area contributed by atoms with Gasteiger partial charge >= 0.3 is 5.97 Å². The molecule has 3 aromatic rings. The quantitative estimate of drug-likeness (QED) is 0.392. The lowest BCUT2D eigenvalue weighted by atomic mass is 10.0. The molecule has 0 saturated heterocycles. The number of hydrogen-bond donors (Lipinski definition) is 2. The van der Waals surface area contributed by atoms with Crippen molar-refractivity contribution in [2.24, 2.45) is 0 Å². The van der Waals surface area contributed by atoms with Crippen LogP contribution in [-0.4, -0.2) is 23.1 Å².